The first-order chi connectivity index (χ1) is 9.36. The molecule has 20 heavy (non-hydrogen) atoms. The number of halogens is 1. The van der Waals surface area contributed by atoms with Gasteiger partial charge in [0.2, 0.25) is 0 Å². The Morgan fingerprint density at radius 3 is 2.45 bits per heavy atom. The van der Waals surface area contributed by atoms with E-state index in [1.165, 1.54) is 25.7 Å². The molecule has 0 amide bonds. The van der Waals surface area contributed by atoms with Crippen LogP contribution in [0.25, 0.3) is 0 Å². The predicted octanol–water partition coefficient (Wildman–Crippen LogP) is 5.31. The Balaban J connectivity index is 1.80. The summed E-state index contributed by atoms with van der Waals surface area (Å²) in [5, 5.41) is 4.11. The number of aromatic nitrogens is 1. The van der Waals surface area contributed by atoms with Crippen molar-refractivity contribution in [1.82, 2.24) is 4.98 Å². The summed E-state index contributed by atoms with van der Waals surface area (Å²) in [6, 6.07) is 2.08. The lowest BCUT2D eigenvalue weighted by molar-refractivity contribution is 0.153. The molecule has 1 aliphatic carbocycles. The fraction of sp³-hybridized carbons (Fsp3) is 0.706. The third kappa shape index (κ3) is 4.12. The molecule has 1 aliphatic rings. The molecule has 1 heterocycles. The molecule has 0 atom stereocenters. The molecular weight excluding hydrogens is 268 g/mol. The smallest absolute Gasteiger partial charge is 0.132 e. The van der Waals surface area contributed by atoms with Gasteiger partial charge in [0, 0.05) is 6.54 Å². The molecule has 0 radical (unpaired) electrons. The number of nitrogens with zero attached hydrogens (tertiary/aromatic N) is 1. The molecule has 1 aromatic rings. The van der Waals surface area contributed by atoms with Crippen molar-refractivity contribution >= 4 is 17.3 Å². The number of hydrogen-bond donors (Lipinski definition) is 1. The van der Waals surface area contributed by atoms with Crippen LogP contribution >= 0.6 is 11.6 Å². The van der Waals surface area contributed by atoms with E-state index in [4.69, 9.17) is 11.6 Å². The first-order valence-corrected chi connectivity index (χ1v) is 8.10. The van der Waals surface area contributed by atoms with E-state index in [1.807, 2.05) is 13.1 Å². The van der Waals surface area contributed by atoms with Gasteiger partial charge in [-0.3, -0.25) is 0 Å². The summed E-state index contributed by atoms with van der Waals surface area (Å²) in [6.45, 7) is 10.2. The summed E-state index contributed by atoms with van der Waals surface area (Å²) in [4.78, 5) is 4.19. The third-order valence-electron chi connectivity index (χ3n) is 4.68. The van der Waals surface area contributed by atoms with Gasteiger partial charge in [-0.1, -0.05) is 32.4 Å². The lowest BCUT2D eigenvalue weighted by atomic mass is 9.70. The number of hydrogen-bond acceptors (Lipinski definition) is 2. The molecule has 0 aliphatic heterocycles. The molecule has 1 saturated carbocycles. The van der Waals surface area contributed by atoms with Crippen LogP contribution in [0.15, 0.2) is 12.3 Å². The maximum Gasteiger partial charge on any atom is 0.132 e. The summed E-state index contributed by atoms with van der Waals surface area (Å²) in [5.41, 5.74) is 2.59. The average Bonchev–Trinajstić information content (AvgIpc) is 2.40. The van der Waals surface area contributed by atoms with Crippen LogP contribution in [0.3, 0.4) is 0 Å². The van der Waals surface area contributed by atoms with Gasteiger partial charge in [-0.2, -0.15) is 0 Å². The van der Waals surface area contributed by atoms with E-state index in [1.54, 1.807) is 0 Å². The average molecular weight is 295 g/mol. The lowest BCUT2D eigenvalue weighted by Crippen LogP contribution is -2.28. The maximum absolute atomic E-state index is 5.95. The SMILES string of the molecule is Cc1cc(NCC2CCC(C(C)(C)C)CC2)cnc1Cl. The second-order valence-corrected chi connectivity index (χ2v) is 7.65. The summed E-state index contributed by atoms with van der Waals surface area (Å²) in [7, 11) is 0. The Morgan fingerprint density at radius 2 is 1.90 bits per heavy atom. The number of anilines is 1. The standard InChI is InChI=1S/C17H27ClN2/c1-12-9-15(11-20-16(12)18)19-10-13-5-7-14(8-6-13)17(2,3)4/h9,11,13-14,19H,5-8,10H2,1-4H3. The molecule has 0 aromatic carbocycles. The summed E-state index contributed by atoms with van der Waals surface area (Å²) in [6.07, 6.45) is 7.25. The Kier molecular flexibility index (Phi) is 4.95. The second-order valence-electron chi connectivity index (χ2n) is 7.30. The molecule has 0 spiro atoms. The Bertz CT molecular complexity index is 443. The van der Waals surface area contributed by atoms with Crippen LogP contribution < -0.4 is 5.32 Å². The topological polar surface area (TPSA) is 24.9 Å². The minimum atomic E-state index is 0.468. The van der Waals surface area contributed by atoms with Crippen LogP contribution in [0.1, 0.15) is 52.0 Å². The molecule has 2 nitrogen and oxygen atoms in total. The van der Waals surface area contributed by atoms with Gasteiger partial charge in [-0.15, -0.1) is 0 Å². The van der Waals surface area contributed by atoms with Crippen molar-refractivity contribution < 1.29 is 0 Å². The highest BCUT2D eigenvalue weighted by molar-refractivity contribution is 6.30. The number of nitrogens with one attached hydrogen (secondary N) is 1. The van der Waals surface area contributed by atoms with Crippen LogP contribution in [0.5, 0.6) is 0 Å². The van der Waals surface area contributed by atoms with Gasteiger partial charge in [-0.05, 0) is 61.5 Å². The van der Waals surface area contributed by atoms with E-state index < -0.39 is 0 Å². The van der Waals surface area contributed by atoms with Crippen molar-refractivity contribution in [3.63, 3.8) is 0 Å². The number of pyridine rings is 1. The van der Waals surface area contributed by atoms with Gasteiger partial charge in [0.15, 0.2) is 0 Å². The molecule has 1 fully saturated rings. The van der Waals surface area contributed by atoms with Crippen molar-refractivity contribution in [2.24, 2.45) is 17.3 Å². The van der Waals surface area contributed by atoms with Crippen LogP contribution in [0.2, 0.25) is 5.15 Å². The Morgan fingerprint density at radius 1 is 1.25 bits per heavy atom. The summed E-state index contributed by atoms with van der Waals surface area (Å²) >= 11 is 5.95. The van der Waals surface area contributed by atoms with Crippen LogP contribution in [0.4, 0.5) is 5.69 Å². The highest BCUT2D eigenvalue weighted by atomic mass is 35.5. The highest BCUT2D eigenvalue weighted by Crippen LogP contribution is 2.39. The quantitative estimate of drug-likeness (QED) is 0.764. The number of aryl methyl sites for hydroxylation is 1. The van der Waals surface area contributed by atoms with Crippen molar-refractivity contribution in [2.75, 3.05) is 11.9 Å². The van der Waals surface area contributed by atoms with Crippen molar-refractivity contribution in [1.29, 1.82) is 0 Å². The monoisotopic (exact) mass is 294 g/mol. The van der Waals surface area contributed by atoms with Gasteiger partial charge in [0.05, 0.1) is 11.9 Å². The summed E-state index contributed by atoms with van der Waals surface area (Å²) in [5.74, 6) is 1.68. The van der Waals surface area contributed by atoms with E-state index in [-0.39, 0.29) is 0 Å². The molecule has 112 valence electrons. The molecule has 0 saturated heterocycles. The molecule has 0 unspecified atom stereocenters. The largest absolute Gasteiger partial charge is 0.384 e. The van der Waals surface area contributed by atoms with Crippen LogP contribution in [0, 0.1) is 24.2 Å². The Labute approximate surface area is 128 Å². The van der Waals surface area contributed by atoms with Gasteiger partial charge in [0.1, 0.15) is 5.15 Å². The second kappa shape index (κ2) is 6.34. The zero-order chi connectivity index (χ0) is 14.8. The van der Waals surface area contributed by atoms with Crippen molar-refractivity contribution in [3.8, 4) is 0 Å². The zero-order valence-corrected chi connectivity index (χ0v) is 13.9. The van der Waals surface area contributed by atoms with Crippen molar-refractivity contribution in [3.05, 3.63) is 23.0 Å². The first-order valence-electron chi connectivity index (χ1n) is 7.72. The van der Waals surface area contributed by atoms with Crippen molar-refractivity contribution in [2.45, 2.75) is 53.4 Å². The zero-order valence-electron chi connectivity index (χ0n) is 13.2. The normalized spacial score (nSPS) is 23.6. The minimum Gasteiger partial charge on any atom is -0.384 e. The molecule has 3 heteroatoms. The van der Waals surface area contributed by atoms with Gasteiger partial charge in [0.25, 0.3) is 0 Å². The number of rotatable bonds is 3. The lowest BCUT2D eigenvalue weighted by Gasteiger charge is -2.37. The first kappa shape index (κ1) is 15.6. The van der Waals surface area contributed by atoms with Crippen LogP contribution in [-0.4, -0.2) is 11.5 Å². The fourth-order valence-corrected chi connectivity index (χ4v) is 3.25. The Hall–Kier alpha value is -0.760. The van der Waals surface area contributed by atoms with E-state index >= 15 is 0 Å². The fourth-order valence-electron chi connectivity index (χ4n) is 3.15. The highest BCUT2D eigenvalue weighted by Gasteiger charge is 2.29. The third-order valence-corrected chi connectivity index (χ3v) is 5.08. The van der Waals surface area contributed by atoms with Gasteiger partial charge in [-0.25, -0.2) is 4.98 Å². The molecule has 1 aromatic heterocycles. The predicted molar refractivity (Wildman–Crippen MR) is 87.4 cm³/mol. The molecule has 2 rings (SSSR count). The van der Waals surface area contributed by atoms with Gasteiger partial charge < -0.3 is 5.32 Å². The van der Waals surface area contributed by atoms with E-state index in [0.717, 1.165) is 29.6 Å². The van der Waals surface area contributed by atoms with E-state index in [9.17, 15) is 0 Å². The molecular formula is C17H27ClN2. The summed E-state index contributed by atoms with van der Waals surface area (Å²) < 4.78 is 0. The maximum atomic E-state index is 5.95. The van der Waals surface area contributed by atoms with E-state index in [2.05, 4.69) is 37.1 Å². The van der Waals surface area contributed by atoms with E-state index in [0.29, 0.717) is 10.6 Å². The molecule has 1 N–H and O–H groups in total. The van der Waals surface area contributed by atoms with Gasteiger partial charge >= 0.3 is 0 Å². The van der Waals surface area contributed by atoms with Crippen LogP contribution in [-0.2, 0) is 0 Å². The molecule has 0 bridgehead atoms. The minimum absolute atomic E-state index is 0.468.